The van der Waals surface area contributed by atoms with E-state index >= 15 is 0 Å². The summed E-state index contributed by atoms with van der Waals surface area (Å²) in [5.74, 6) is 0. The van der Waals surface area contributed by atoms with Gasteiger partial charge in [-0.1, -0.05) is 28.1 Å². The minimum atomic E-state index is 0.739. The zero-order chi connectivity index (χ0) is 14.7. The first-order valence-electron chi connectivity index (χ1n) is 7.35. The summed E-state index contributed by atoms with van der Waals surface area (Å²) in [5, 5.41) is 3.55. The highest BCUT2D eigenvalue weighted by Crippen LogP contribution is 2.26. The second-order valence-corrected chi connectivity index (χ2v) is 6.46. The Labute approximate surface area is 134 Å². The molecule has 110 valence electrons. The number of hydrogen-bond donors (Lipinski definition) is 1. The molecule has 0 amide bonds. The number of nitrogens with one attached hydrogen (secondary N) is 1. The highest BCUT2D eigenvalue weighted by Gasteiger charge is 2.20. The van der Waals surface area contributed by atoms with Crippen molar-refractivity contribution in [3.05, 3.63) is 58.3 Å². The number of benzene rings is 1. The van der Waals surface area contributed by atoms with Crippen LogP contribution in [0.1, 0.15) is 24.1 Å². The van der Waals surface area contributed by atoms with Crippen molar-refractivity contribution in [1.82, 2.24) is 10.3 Å². The van der Waals surface area contributed by atoms with E-state index in [1.54, 1.807) is 0 Å². The van der Waals surface area contributed by atoms with E-state index in [1.165, 1.54) is 28.6 Å². The van der Waals surface area contributed by atoms with Crippen LogP contribution < -0.4 is 10.2 Å². The molecular formula is C17H20BrN3. The molecule has 0 unspecified atom stereocenters. The van der Waals surface area contributed by atoms with E-state index in [4.69, 9.17) is 0 Å². The van der Waals surface area contributed by atoms with Crippen LogP contribution in [0.15, 0.2) is 47.1 Å². The van der Waals surface area contributed by atoms with Crippen molar-refractivity contribution in [2.24, 2.45) is 0 Å². The van der Waals surface area contributed by atoms with Crippen molar-refractivity contribution in [3.63, 3.8) is 0 Å². The van der Waals surface area contributed by atoms with E-state index in [2.05, 4.69) is 62.4 Å². The maximum absolute atomic E-state index is 4.38. The summed E-state index contributed by atoms with van der Waals surface area (Å²) < 4.78 is 1.17. The van der Waals surface area contributed by atoms with Gasteiger partial charge in [0.25, 0.3) is 0 Å². The molecule has 1 aromatic heterocycles. The molecule has 1 saturated carbocycles. The molecular weight excluding hydrogens is 326 g/mol. The molecule has 0 aliphatic heterocycles. The Morgan fingerprint density at radius 1 is 1.29 bits per heavy atom. The van der Waals surface area contributed by atoms with Crippen molar-refractivity contribution in [2.75, 3.05) is 11.9 Å². The van der Waals surface area contributed by atoms with Gasteiger partial charge in [0.15, 0.2) is 0 Å². The van der Waals surface area contributed by atoms with Gasteiger partial charge < -0.3 is 10.2 Å². The highest BCUT2D eigenvalue weighted by molar-refractivity contribution is 9.10. The first-order chi connectivity index (χ1) is 10.2. The lowest BCUT2D eigenvalue weighted by Crippen LogP contribution is -2.18. The van der Waals surface area contributed by atoms with Crippen molar-refractivity contribution in [1.29, 1.82) is 0 Å². The summed E-state index contributed by atoms with van der Waals surface area (Å²) >= 11 is 3.69. The number of anilines is 1. The minimum Gasteiger partial charge on any atom is -0.369 e. The van der Waals surface area contributed by atoms with Gasteiger partial charge in [-0.05, 0) is 42.7 Å². The molecule has 3 nitrogen and oxygen atoms in total. The Morgan fingerprint density at radius 2 is 2.14 bits per heavy atom. The maximum Gasteiger partial charge on any atom is 0.0598 e. The van der Waals surface area contributed by atoms with Gasteiger partial charge in [0.2, 0.25) is 0 Å². The van der Waals surface area contributed by atoms with Crippen LogP contribution in [0.4, 0.5) is 5.69 Å². The fraction of sp³-hybridized carbons (Fsp3) is 0.353. The second kappa shape index (κ2) is 6.58. The number of pyridine rings is 1. The van der Waals surface area contributed by atoms with Crippen LogP contribution in [0.3, 0.4) is 0 Å². The van der Waals surface area contributed by atoms with Crippen LogP contribution in [0.2, 0.25) is 0 Å². The molecule has 1 aliphatic rings. The Balaban J connectivity index is 1.65. The normalized spacial score (nSPS) is 14.2. The lowest BCUT2D eigenvalue weighted by atomic mass is 10.2. The van der Waals surface area contributed by atoms with Crippen molar-refractivity contribution >= 4 is 21.6 Å². The van der Waals surface area contributed by atoms with Gasteiger partial charge in [0, 0.05) is 36.0 Å². The number of rotatable bonds is 6. The molecule has 1 aliphatic carbocycles. The SMILES string of the molecule is CN(Cc1ccccn1)c1ccc(CNC2CC2)c(Br)c1. The second-order valence-electron chi connectivity index (χ2n) is 5.61. The molecule has 1 fully saturated rings. The quantitative estimate of drug-likeness (QED) is 0.864. The third-order valence-corrected chi connectivity index (χ3v) is 4.50. The molecule has 0 radical (unpaired) electrons. The average Bonchev–Trinajstić information content (AvgIpc) is 3.31. The van der Waals surface area contributed by atoms with Crippen LogP contribution in [-0.4, -0.2) is 18.1 Å². The van der Waals surface area contributed by atoms with E-state index in [9.17, 15) is 0 Å². The monoisotopic (exact) mass is 345 g/mol. The largest absolute Gasteiger partial charge is 0.369 e. The summed E-state index contributed by atoms with van der Waals surface area (Å²) in [5.41, 5.74) is 3.59. The number of nitrogens with zero attached hydrogens (tertiary/aromatic N) is 2. The van der Waals surface area contributed by atoms with E-state index < -0.39 is 0 Å². The van der Waals surface area contributed by atoms with Crippen molar-refractivity contribution in [3.8, 4) is 0 Å². The molecule has 1 heterocycles. The molecule has 21 heavy (non-hydrogen) atoms. The van der Waals surface area contributed by atoms with E-state index in [0.717, 1.165) is 24.8 Å². The lowest BCUT2D eigenvalue weighted by Gasteiger charge is -2.20. The van der Waals surface area contributed by atoms with Crippen LogP contribution in [0, 0.1) is 0 Å². The predicted molar refractivity (Wildman–Crippen MR) is 90.3 cm³/mol. The lowest BCUT2D eigenvalue weighted by molar-refractivity contribution is 0.686. The number of aromatic nitrogens is 1. The minimum absolute atomic E-state index is 0.739. The van der Waals surface area contributed by atoms with Gasteiger partial charge in [0.1, 0.15) is 0 Å². The number of halogens is 1. The van der Waals surface area contributed by atoms with Gasteiger partial charge in [-0.3, -0.25) is 4.98 Å². The Morgan fingerprint density at radius 3 is 2.81 bits per heavy atom. The first kappa shape index (κ1) is 14.5. The van der Waals surface area contributed by atoms with Crippen molar-refractivity contribution in [2.45, 2.75) is 32.0 Å². The van der Waals surface area contributed by atoms with E-state index in [-0.39, 0.29) is 0 Å². The molecule has 4 heteroatoms. The Kier molecular flexibility index (Phi) is 4.56. The fourth-order valence-electron chi connectivity index (χ4n) is 2.28. The maximum atomic E-state index is 4.38. The molecule has 1 N–H and O–H groups in total. The Bertz CT molecular complexity index is 596. The van der Waals surface area contributed by atoms with Crippen LogP contribution in [-0.2, 0) is 13.1 Å². The van der Waals surface area contributed by atoms with Crippen LogP contribution >= 0.6 is 15.9 Å². The zero-order valence-electron chi connectivity index (χ0n) is 12.2. The summed E-state index contributed by atoms with van der Waals surface area (Å²) in [4.78, 5) is 6.59. The fourth-order valence-corrected chi connectivity index (χ4v) is 2.79. The molecule has 0 saturated heterocycles. The average molecular weight is 346 g/mol. The van der Waals surface area contributed by atoms with Gasteiger partial charge in [-0.2, -0.15) is 0 Å². The third-order valence-electron chi connectivity index (χ3n) is 3.76. The zero-order valence-corrected chi connectivity index (χ0v) is 13.8. The van der Waals surface area contributed by atoms with Crippen LogP contribution in [0.5, 0.6) is 0 Å². The van der Waals surface area contributed by atoms with Crippen LogP contribution in [0.25, 0.3) is 0 Å². The summed E-state index contributed by atoms with van der Waals surface area (Å²) in [6, 6.07) is 13.3. The molecule has 3 rings (SSSR count). The third kappa shape index (κ3) is 4.05. The van der Waals surface area contributed by atoms with E-state index in [1.807, 2.05) is 18.3 Å². The summed E-state index contributed by atoms with van der Waals surface area (Å²) in [6.45, 7) is 1.75. The van der Waals surface area contributed by atoms with Gasteiger partial charge >= 0.3 is 0 Å². The number of hydrogen-bond acceptors (Lipinski definition) is 3. The smallest absolute Gasteiger partial charge is 0.0598 e. The molecule has 0 atom stereocenters. The van der Waals surface area contributed by atoms with Gasteiger partial charge in [-0.25, -0.2) is 0 Å². The Hall–Kier alpha value is -1.39. The highest BCUT2D eigenvalue weighted by atomic mass is 79.9. The topological polar surface area (TPSA) is 28.2 Å². The van der Waals surface area contributed by atoms with Gasteiger partial charge in [-0.15, -0.1) is 0 Å². The molecule has 0 bridgehead atoms. The van der Waals surface area contributed by atoms with Gasteiger partial charge in [0.05, 0.1) is 12.2 Å². The molecule has 2 aromatic rings. The predicted octanol–water partition coefficient (Wildman–Crippen LogP) is 3.73. The standard InChI is InChI=1S/C17H20BrN3/c1-21(12-15-4-2-3-9-19-15)16-8-5-13(17(18)10-16)11-20-14-6-7-14/h2-5,8-10,14,20H,6-7,11-12H2,1H3. The first-order valence-corrected chi connectivity index (χ1v) is 8.14. The van der Waals surface area contributed by atoms with E-state index in [0.29, 0.717) is 0 Å². The van der Waals surface area contributed by atoms with Crippen molar-refractivity contribution < 1.29 is 0 Å². The molecule has 1 aromatic carbocycles. The summed E-state index contributed by atoms with van der Waals surface area (Å²) in [7, 11) is 2.10. The molecule has 0 spiro atoms. The summed E-state index contributed by atoms with van der Waals surface area (Å²) in [6.07, 6.45) is 4.48.